The average Bonchev–Trinajstić information content (AvgIpc) is 1.61. The Hall–Kier alpha value is -0.900. The summed E-state index contributed by atoms with van der Waals surface area (Å²) in [6.45, 7) is 3.10. The molecular formula is C2H6N4. The molecule has 0 spiro atoms. The molecule has 0 bridgehead atoms. The Morgan fingerprint density at radius 2 is 2.50 bits per heavy atom. The minimum atomic E-state index is 1.21. The Bertz CT molecular complexity index is 56.6. The number of hydrazine groups is 1. The predicted molar refractivity (Wildman–Crippen MR) is 25.4 cm³/mol. The topological polar surface area (TPSA) is 62.8 Å². The Kier molecular flexibility index (Phi) is 3.48. The van der Waals surface area contributed by atoms with E-state index in [1.54, 1.807) is 0 Å². The van der Waals surface area contributed by atoms with Crippen LogP contribution in [0.25, 0.3) is 0 Å². The summed E-state index contributed by atoms with van der Waals surface area (Å²) in [4.78, 5) is 3.24. The molecule has 0 aliphatic carbocycles. The van der Waals surface area contributed by atoms with Crippen LogP contribution in [0.5, 0.6) is 0 Å². The third-order valence-electron chi connectivity index (χ3n) is 0.214. The Morgan fingerprint density at radius 3 is 2.67 bits per heavy atom. The SMILES string of the molecule is C=N/C=N\NN. The molecule has 4 nitrogen and oxygen atoms in total. The molecule has 3 N–H and O–H groups in total. The van der Waals surface area contributed by atoms with Crippen LogP contribution in [0, 0.1) is 0 Å². The average molecular weight is 86.1 g/mol. The lowest BCUT2D eigenvalue weighted by molar-refractivity contribution is 0.809. The summed E-state index contributed by atoms with van der Waals surface area (Å²) in [5.41, 5.74) is 2.00. The first-order valence-corrected chi connectivity index (χ1v) is 1.34. The van der Waals surface area contributed by atoms with Gasteiger partial charge in [-0.3, -0.25) is 4.99 Å². The van der Waals surface area contributed by atoms with E-state index in [-0.39, 0.29) is 0 Å². The molecule has 34 valence electrons. The second kappa shape index (κ2) is 4.10. The zero-order chi connectivity index (χ0) is 4.83. The summed E-state index contributed by atoms with van der Waals surface area (Å²) >= 11 is 0. The molecule has 6 heavy (non-hydrogen) atoms. The van der Waals surface area contributed by atoms with Crippen LogP contribution in [-0.2, 0) is 0 Å². The van der Waals surface area contributed by atoms with E-state index in [4.69, 9.17) is 0 Å². The van der Waals surface area contributed by atoms with Crippen LogP contribution >= 0.6 is 0 Å². The molecule has 0 unspecified atom stereocenters. The summed E-state index contributed by atoms with van der Waals surface area (Å²) in [5.74, 6) is 4.68. The molecule has 0 atom stereocenters. The molecule has 0 fully saturated rings. The first kappa shape index (κ1) is 5.10. The molecule has 0 rings (SSSR count). The largest absolute Gasteiger partial charge is 0.251 e. The van der Waals surface area contributed by atoms with E-state index in [9.17, 15) is 0 Å². The summed E-state index contributed by atoms with van der Waals surface area (Å²) in [7, 11) is 0. The van der Waals surface area contributed by atoms with Gasteiger partial charge in [0.25, 0.3) is 0 Å². The Morgan fingerprint density at radius 1 is 1.83 bits per heavy atom. The number of hydrogen-bond acceptors (Lipinski definition) is 3. The number of rotatable bonds is 2. The maximum Gasteiger partial charge on any atom is 0.136 e. The van der Waals surface area contributed by atoms with Crippen molar-refractivity contribution in [1.29, 1.82) is 0 Å². The molecule has 0 heterocycles. The third kappa shape index (κ3) is 3.10. The third-order valence-corrected chi connectivity index (χ3v) is 0.214. The standard InChI is InChI=1S/C2H6N4/c1-4-2-5-6-3/h2,6H,1,3H2/b5-2-. The highest BCUT2D eigenvalue weighted by molar-refractivity contribution is 5.61. The van der Waals surface area contributed by atoms with Gasteiger partial charge in [-0.15, -0.1) is 0 Å². The maximum atomic E-state index is 4.68. The number of nitrogens with two attached hydrogens (primary N) is 1. The molecule has 0 amide bonds. The van der Waals surface area contributed by atoms with Crippen LogP contribution in [0.1, 0.15) is 0 Å². The van der Waals surface area contributed by atoms with E-state index in [0.717, 1.165) is 0 Å². The van der Waals surface area contributed by atoms with E-state index >= 15 is 0 Å². The van der Waals surface area contributed by atoms with Crippen LogP contribution in [0.3, 0.4) is 0 Å². The molecule has 0 aromatic rings. The smallest absolute Gasteiger partial charge is 0.136 e. The van der Waals surface area contributed by atoms with Crippen molar-refractivity contribution in [3.8, 4) is 0 Å². The fraction of sp³-hybridized carbons (Fsp3) is 0. The van der Waals surface area contributed by atoms with Crippen LogP contribution in [0.4, 0.5) is 0 Å². The van der Waals surface area contributed by atoms with Crippen LogP contribution in [0.2, 0.25) is 0 Å². The summed E-state index contributed by atoms with van der Waals surface area (Å²) in [6.07, 6.45) is 1.21. The number of aliphatic imine (C=N–C) groups is 1. The number of hydrogen-bond donors (Lipinski definition) is 2. The van der Waals surface area contributed by atoms with E-state index < -0.39 is 0 Å². The molecule has 0 aromatic carbocycles. The molecule has 0 saturated carbocycles. The lowest BCUT2D eigenvalue weighted by Gasteiger charge is -1.76. The van der Waals surface area contributed by atoms with Crippen molar-refractivity contribution >= 4 is 13.1 Å². The van der Waals surface area contributed by atoms with Crippen molar-refractivity contribution < 1.29 is 0 Å². The van der Waals surface area contributed by atoms with Gasteiger partial charge in [0.1, 0.15) is 6.34 Å². The van der Waals surface area contributed by atoms with Gasteiger partial charge in [0, 0.05) is 0 Å². The summed E-state index contributed by atoms with van der Waals surface area (Å²) in [5, 5.41) is 3.26. The van der Waals surface area contributed by atoms with Crippen molar-refractivity contribution in [2.24, 2.45) is 15.9 Å². The Labute approximate surface area is 35.7 Å². The quantitative estimate of drug-likeness (QED) is 0.198. The van der Waals surface area contributed by atoms with Gasteiger partial charge < -0.3 is 0 Å². The van der Waals surface area contributed by atoms with Crippen molar-refractivity contribution in [3.05, 3.63) is 0 Å². The second-order valence-corrected chi connectivity index (χ2v) is 0.556. The minimum Gasteiger partial charge on any atom is -0.251 e. The van der Waals surface area contributed by atoms with Crippen molar-refractivity contribution in [3.63, 3.8) is 0 Å². The molecular weight excluding hydrogens is 80.0 g/mol. The van der Waals surface area contributed by atoms with Crippen LogP contribution in [-0.4, -0.2) is 13.1 Å². The number of nitrogens with one attached hydrogen (secondary N) is 1. The van der Waals surface area contributed by atoms with Gasteiger partial charge in [-0.05, 0) is 6.72 Å². The molecule has 0 aliphatic rings. The highest BCUT2D eigenvalue weighted by atomic mass is 15.5. The molecule has 0 aliphatic heterocycles. The van der Waals surface area contributed by atoms with Gasteiger partial charge >= 0.3 is 0 Å². The van der Waals surface area contributed by atoms with Gasteiger partial charge in [-0.2, -0.15) is 5.10 Å². The van der Waals surface area contributed by atoms with E-state index in [1.165, 1.54) is 6.34 Å². The summed E-state index contributed by atoms with van der Waals surface area (Å²) < 4.78 is 0. The van der Waals surface area contributed by atoms with Gasteiger partial charge in [-0.25, -0.2) is 11.4 Å². The first-order chi connectivity index (χ1) is 2.91. The van der Waals surface area contributed by atoms with Crippen molar-refractivity contribution in [2.75, 3.05) is 0 Å². The number of nitrogens with zero attached hydrogens (tertiary/aromatic N) is 2. The van der Waals surface area contributed by atoms with Crippen LogP contribution < -0.4 is 11.4 Å². The van der Waals surface area contributed by atoms with Crippen molar-refractivity contribution in [1.82, 2.24) is 5.53 Å². The lowest BCUT2D eigenvalue weighted by atomic mass is 11.3. The maximum absolute atomic E-state index is 4.68. The highest BCUT2D eigenvalue weighted by Crippen LogP contribution is 1.46. The zero-order valence-corrected chi connectivity index (χ0v) is 3.26. The van der Waals surface area contributed by atoms with E-state index in [1.807, 2.05) is 5.53 Å². The lowest BCUT2D eigenvalue weighted by Crippen LogP contribution is -2.13. The van der Waals surface area contributed by atoms with Gasteiger partial charge in [0.15, 0.2) is 0 Å². The Balaban J connectivity index is 2.94. The minimum absolute atomic E-state index is 1.21. The normalized spacial score (nSPS) is 8.83. The van der Waals surface area contributed by atoms with E-state index in [0.29, 0.717) is 0 Å². The molecule has 4 heteroatoms. The number of hydrazone groups is 1. The fourth-order valence-electron chi connectivity index (χ4n) is 0.0742. The molecule has 0 radical (unpaired) electrons. The molecule has 0 saturated heterocycles. The van der Waals surface area contributed by atoms with E-state index in [2.05, 4.69) is 22.7 Å². The van der Waals surface area contributed by atoms with Gasteiger partial charge in [-0.1, -0.05) is 0 Å². The predicted octanol–water partition coefficient (Wildman–Crippen LogP) is -0.906. The molecule has 0 aromatic heterocycles. The monoisotopic (exact) mass is 86.1 g/mol. The van der Waals surface area contributed by atoms with Crippen LogP contribution in [0.15, 0.2) is 10.1 Å². The highest BCUT2D eigenvalue weighted by Gasteiger charge is 1.49. The van der Waals surface area contributed by atoms with Gasteiger partial charge in [0.05, 0.1) is 0 Å². The van der Waals surface area contributed by atoms with Gasteiger partial charge in [0.2, 0.25) is 0 Å². The first-order valence-electron chi connectivity index (χ1n) is 1.34. The fourth-order valence-corrected chi connectivity index (χ4v) is 0.0742. The zero-order valence-electron chi connectivity index (χ0n) is 3.26. The van der Waals surface area contributed by atoms with Crippen molar-refractivity contribution in [2.45, 2.75) is 0 Å². The summed E-state index contributed by atoms with van der Waals surface area (Å²) in [6, 6.07) is 0. The second-order valence-electron chi connectivity index (χ2n) is 0.556.